The number of amides is 2. The maximum absolute atomic E-state index is 12.0. The summed E-state index contributed by atoms with van der Waals surface area (Å²) in [5.74, 6) is 1.21. The van der Waals surface area contributed by atoms with Gasteiger partial charge in [0.25, 0.3) is 0 Å². The number of halogens is 1. The molecular weight excluding hydrogens is 316 g/mol. The van der Waals surface area contributed by atoms with Crippen molar-refractivity contribution in [1.29, 1.82) is 0 Å². The number of aliphatic hydroxyl groups is 1. The third-order valence-electron chi connectivity index (χ3n) is 3.62. The molecule has 1 aliphatic rings. The number of nitrogens with one attached hydrogen (secondary N) is 1. The van der Waals surface area contributed by atoms with Gasteiger partial charge in [-0.1, -0.05) is 23.7 Å². The van der Waals surface area contributed by atoms with Crippen molar-refractivity contribution in [3.8, 4) is 11.5 Å². The second kappa shape index (κ2) is 6.89. The lowest BCUT2D eigenvalue weighted by molar-refractivity contribution is 0.176. The van der Waals surface area contributed by atoms with Gasteiger partial charge >= 0.3 is 6.03 Å². The molecule has 1 saturated heterocycles. The highest BCUT2D eigenvalue weighted by Gasteiger charge is 2.24. The molecule has 0 unspecified atom stereocenters. The first-order valence-electron chi connectivity index (χ1n) is 7.38. The van der Waals surface area contributed by atoms with Crippen LogP contribution in [0, 0.1) is 0 Å². The molecule has 0 spiro atoms. The van der Waals surface area contributed by atoms with Crippen LogP contribution in [0.3, 0.4) is 0 Å². The Morgan fingerprint density at radius 2 is 1.96 bits per heavy atom. The number of likely N-dealkylation sites (tertiary alicyclic amines) is 1. The largest absolute Gasteiger partial charge is 0.456 e. The van der Waals surface area contributed by atoms with E-state index in [1.54, 1.807) is 41.3 Å². The fourth-order valence-electron chi connectivity index (χ4n) is 2.39. The first-order chi connectivity index (χ1) is 11.1. The van der Waals surface area contributed by atoms with Crippen molar-refractivity contribution in [3.63, 3.8) is 0 Å². The zero-order chi connectivity index (χ0) is 16.2. The van der Waals surface area contributed by atoms with E-state index in [0.29, 0.717) is 41.7 Å². The number of hydrogen-bond acceptors (Lipinski definition) is 3. The van der Waals surface area contributed by atoms with Crippen LogP contribution in [0.5, 0.6) is 11.5 Å². The Morgan fingerprint density at radius 1 is 1.22 bits per heavy atom. The quantitative estimate of drug-likeness (QED) is 0.900. The topological polar surface area (TPSA) is 61.8 Å². The summed E-state index contributed by atoms with van der Waals surface area (Å²) < 4.78 is 5.69. The average molecular weight is 333 g/mol. The molecule has 0 radical (unpaired) electrons. The van der Waals surface area contributed by atoms with E-state index >= 15 is 0 Å². The Morgan fingerprint density at radius 3 is 2.61 bits per heavy atom. The van der Waals surface area contributed by atoms with E-state index in [1.165, 1.54) is 0 Å². The molecule has 23 heavy (non-hydrogen) atoms. The maximum Gasteiger partial charge on any atom is 0.321 e. The van der Waals surface area contributed by atoms with E-state index in [9.17, 15) is 9.90 Å². The Balaban J connectivity index is 1.61. The first kappa shape index (κ1) is 15.6. The predicted molar refractivity (Wildman–Crippen MR) is 89.2 cm³/mol. The third-order valence-corrected chi connectivity index (χ3v) is 3.93. The summed E-state index contributed by atoms with van der Waals surface area (Å²) in [5.41, 5.74) is 0.669. The highest BCUT2D eigenvalue weighted by molar-refractivity contribution is 6.32. The molecule has 2 aromatic rings. The summed E-state index contributed by atoms with van der Waals surface area (Å²) in [4.78, 5) is 13.6. The Labute approximate surface area is 139 Å². The number of benzene rings is 2. The van der Waals surface area contributed by atoms with Gasteiger partial charge in [-0.3, -0.25) is 0 Å². The van der Waals surface area contributed by atoms with Crippen LogP contribution in [0.4, 0.5) is 10.5 Å². The number of anilines is 1. The molecule has 0 saturated carbocycles. The minimum absolute atomic E-state index is 0.207. The van der Waals surface area contributed by atoms with Crippen molar-refractivity contribution in [1.82, 2.24) is 4.90 Å². The Kier molecular flexibility index (Phi) is 4.69. The number of urea groups is 1. The number of rotatable bonds is 3. The zero-order valence-corrected chi connectivity index (χ0v) is 13.2. The number of para-hydroxylation sites is 1. The number of nitrogens with zero attached hydrogens (tertiary/aromatic N) is 1. The van der Waals surface area contributed by atoms with Gasteiger partial charge in [-0.15, -0.1) is 0 Å². The van der Waals surface area contributed by atoms with Crippen molar-refractivity contribution in [2.24, 2.45) is 0 Å². The van der Waals surface area contributed by atoms with Crippen molar-refractivity contribution >= 4 is 23.3 Å². The van der Waals surface area contributed by atoms with Gasteiger partial charge in [0.05, 0.1) is 11.1 Å². The molecular formula is C17H17ClN2O3. The highest BCUT2D eigenvalue weighted by atomic mass is 35.5. The summed E-state index contributed by atoms with van der Waals surface area (Å²) >= 11 is 6.05. The van der Waals surface area contributed by atoms with E-state index in [2.05, 4.69) is 5.32 Å². The first-order valence-corrected chi connectivity index (χ1v) is 7.76. The fraction of sp³-hybridized carbons (Fsp3) is 0.235. The summed E-state index contributed by atoms with van der Waals surface area (Å²) in [6.07, 6.45) is 0.199. The molecule has 120 valence electrons. The third kappa shape index (κ3) is 3.94. The standard InChI is InChI=1S/C17H17ClN2O3/c18-15-3-1-2-4-16(15)23-14-7-5-12(6-8-14)19-17(22)20-10-9-13(21)11-20/h1-8,13,21H,9-11H2,(H,19,22)/t13-/m0/s1. The van der Waals surface area contributed by atoms with Gasteiger partial charge in [0, 0.05) is 18.8 Å². The van der Waals surface area contributed by atoms with Crippen molar-refractivity contribution in [2.45, 2.75) is 12.5 Å². The van der Waals surface area contributed by atoms with Gasteiger partial charge in [-0.05, 0) is 42.8 Å². The summed E-state index contributed by atoms with van der Waals surface area (Å²) in [6, 6.07) is 14.1. The van der Waals surface area contributed by atoms with Gasteiger partial charge in [-0.2, -0.15) is 0 Å². The van der Waals surface area contributed by atoms with Gasteiger partial charge in [-0.25, -0.2) is 4.79 Å². The summed E-state index contributed by atoms with van der Waals surface area (Å²) in [7, 11) is 0. The van der Waals surface area contributed by atoms with Crippen LogP contribution in [-0.2, 0) is 0 Å². The average Bonchev–Trinajstić information content (AvgIpc) is 2.98. The summed E-state index contributed by atoms with van der Waals surface area (Å²) in [6.45, 7) is 0.945. The van der Waals surface area contributed by atoms with E-state index < -0.39 is 6.10 Å². The van der Waals surface area contributed by atoms with Crippen molar-refractivity contribution < 1.29 is 14.6 Å². The summed E-state index contributed by atoms with van der Waals surface area (Å²) in [5, 5.41) is 12.8. The lowest BCUT2D eigenvalue weighted by Gasteiger charge is -2.16. The molecule has 0 aliphatic carbocycles. The minimum atomic E-state index is -0.424. The molecule has 6 heteroatoms. The Bertz CT molecular complexity index is 690. The van der Waals surface area contributed by atoms with Crippen LogP contribution in [0.25, 0.3) is 0 Å². The smallest absolute Gasteiger partial charge is 0.321 e. The van der Waals surface area contributed by atoms with E-state index in [-0.39, 0.29) is 6.03 Å². The molecule has 0 aromatic heterocycles. The number of ether oxygens (including phenoxy) is 1. The second-order valence-corrected chi connectivity index (χ2v) is 5.78. The molecule has 1 heterocycles. The van der Waals surface area contributed by atoms with E-state index in [1.807, 2.05) is 12.1 Å². The SMILES string of the molecule is O=C(Nc1ccc(Oc2ccccc2Cl)cc1)N1CC[C@H](O)C1. The van der Waals surface area contributed by atoms with Crippen LogP contribution in [0.15, 0.2) is 48.5 Å². The van der Waals surface area contributed by atoms with Gasteiger partial charge in [0.15, 0.2) is 0 Å². The van der Waals surface area contributed by atoms with Crippen molar-refractivity contribution in [3.05, 3.63) is 53.6 Å². The van der Waals surface area contributed by atoms with Crippen LogP contribution in [0.1, 0.15) is 6.42 Å². The van der Waals surface area contributed by atoms with Crippen LogP contribution in [0.2, 0.25) is 5.02 Å². The van der Waals surface area contributed by atoms with Crippen molar-refractivity contribution in [2.75, 3.05) is 18.4 Å². The van der Waals surface area contributed by atoms with Crippen LogP contribution < -0.4 is 10.1 Å². The molecule has 2 aromatic carbocycles. The molecule has 5 nitrogen and oxygen atoms in total. The molecule has 2 amide bonds. The molecule has 2 N–H and O–H groups in total. The second-order valence-electron chi connectivity index (χ2n) is 5.38. The number of carbonyl (C=O) groups is 1. The maximum atomic E-state index is 12.0. The van der Waals surface area contributed by atoms with Gasteiger partial charge in [0.1, 0.15) is 11.5 Å². The fourth-order valence-corrected chi connectivity index (χ4v) is 2.56. The van der Waals surface area contributed by atoms with E-state index in [4.69, 9.17) is 16.3 Å². The van der Waals surface area contributed by atoms with Crippen LogP contribution in [-0.4, -0.2) is 35.2 Å². The number of aliphatic hydroxyl groups excluding tert-OH is 1. The lowest BCUT2D eigenvalue weighted by Crippen LogP contribution is -2.33. The monoisotopic (exact) mass is 332 g/mol. The number of carbonyl (C=O) groups excluding carboxylic acids is 1. The molecule has 1 atom stereocenters. The Hall–Kier alpha value is -2.24. The molecule has 1 fully saturated rings. The predicted octanol–water partition coefficient (Wildman–Crippen LogP) is 3.73. The highest BCUT2D eigenvalue weighted by Crippen LogP contribution is 2.29. The number of β-amino-alcohol motifs (C(OH)–C–C–N with tert-alkyl or cyclic N) is 1. The molecule has 3 rings (SSSR count). The van der Waals surface area contributed by atoms with Crippen LogP contribution >= 0.6 is 11.6 Å². The molecule has 0 bridgehead atoms. The van der Waals surface area contributed by atoms with Gasteiger partial charge < -0.3 is 20.1 Å². The molecule has 1 aliphatic heterocycles. The van der Waals surface area contributed by atoms with Gasteiger partial charge in [0.2, 0.25) is 0 Å². The number of hydrogen-bond donors (Lipinski definition) is 2. The normalized spacial score (nSPS) is 17.1. The minimum Gasteiger partial charge on any atom is -0.456 e. The lowest BCUT2D eigenvalue weighted by atomic mass is 10.3. The zero-order valence-electron chi connectivity index (χ0n) is 12.4. The van der Waals surface area contributed by atoms with E-state index in [0.717, 1.165) is 0 Å².